The first-order valence-corrected chi connectivity index (χ1v) is 6.49. The Morgan fingerprint density at radius 3 is 2.82 bits per heavy atom. The Labute approximate surface area is 105 Å². The van der Waals surface area contributed by atoms with Crippen LogP contribution in [0.3, 0.4) is 0 Å². The van der Waals surface area contributed by atoms with E-state index in [-0.39, 0.29) is 0 Å². The van der Waals surface area contributed by atoms with Gasteiger partial charge in [-0.25, -0.2) is 4.98 Å². The van der Waals surface area contributed by atoms with Gasteiger partial charge in [0.05, 0.1) is 0 Å². The number of anilines is 1. The summed E-state index contributed by atoms with van der Waals surface area (Å²) in [5.41, 5.74) is 1.28. The maximum absolute atomic E-state index is 4.38. The van der Waals surface area contributed by atoms with Crippen molar-refractivity contribution >= 4 is 5.82 Å². The number of hydrogen-bond donors (Lipinski definition) is 1. The first-order chi connectivity index (χ1) is 8.13. The molecule has 0 aliphatic carbocycles. The third-order valence-corrected chi connectivity index (χ3v) is 2.76. The fraction of sp³-hybridized carbons (Fsp3) is 0.643. The Bertz CT molecular complexity index is 323. The molecule has 3 nitrogen and oxygen atoms in total. The minimum Gasteiger partial charge on any atom is -0.370 e. The van der Waals surface area contributed by atoms with E-state index >= 15 is 0 Å². The van der Waals surface area contributed by atoms with Crippen molar-refractivity contribution in [2.24, 2.45) is 5.92 Å². The second kappa shape index (κ2) is 7.28. The second-order valence-electron chi connectivity index (χ2n) is 4.96. The third-order valence-electron chi connectivity index (χ3n) is 2.76. The fourth-order valence-corrected chi connectivity index (χ4v) is 1.74. The predicted molar refractivity (Wildman–Crippen MR) is 74.2 cm³/mol. The van der Waals surface area contributed by atoms with Gasteiger partial charge < -0.3 is 10.2 Å². The molecule has 1 aromatic rings. The summed E-state index contributed by atoms with van der Waals surface area (Å²) in [5, 5.41) is 3.31. The quantitative estimate of drug-likeness (QED) is 0.787. The average Bonchev–Trinajstić information content (AvgIpc) is 2.29. The fourth-order valence-electron chi connectivity index (χ4n) is 1.74. The molecule has 3 heteroatoms. The minimum atomic E-state index is 0.764. The van der Waals surface area contributed by atoms with Crippen LogP contribution in [-0.4, -0.2) is 30.0 Å². The molecular formula is C14H25N3. The number of hydrogen-bond acceptors (Lipinski definition) is 3. The van der Waals surface area contributed by atoms with Gasteiger partial charge in [-0.1, -0.05) is 19.9 Å². The molecule has 0 aliphatic heterocycles. The summed E-state index contributed by atoms with van der Waals surface area (Å²) >= 11 is 0. The van der Waals surface area contributed by atoms with Crippen LogP contribution in [-0.2, 0) is 6.54 Å². The molecule has 0 unspecified atom stereocenters. The largest absolute Gasteiger partial charge is 0.370 e. The lowest BCUT2D eigenvalue weighted by Crippen LogP contribution is -2.21. The van der Waals surface area contributed by atoms with Crippen molar-refractivity contribution in [3.8, 4) is 0 Å². The summed E-state index contributed by atoms with van der Waals surface area (Å²) in [4.78, 5) is 6.74. The Morgan fingerprint density at radius 2 is 2.18 bits per heavy atom. The molecule has 0 saturated carbocycles. The lowest BCUT2D eigenvalue weighted by atomic mass is 10.1. The number of aromatic nitrogens is 1. The van der Waals surface area contributed by atoms with Crippen molar-refractivity contribution in [2.75, 3.05) is 25.5 Å². The molecule has 0 saturated heterocycles. The van der Waals surface area contributed by atoms with E-state index < -0.39 is 0 Å². The van der Waals surface area contributed by atoms with Crippen molar-refractivity contribution in [3.05, 3.63) is 23.9 Å². The molecule has 0 amide bonds. The molecule has 0 bridgehead atoms. The van der Waals surface area contributed by atoms with Crippen LogP contribution in [0.15, 0.2) is 18.3 Å². The molecule has 96 valence electrons. The maximum atomic E-state index is 4.38. The van der Waals surface area contributed by atoms with E-state index in [4.69, 9.17) is 0 Å². The van der Waals surface area contributed by atoms with Gasteiger partial charge in [-0.15, -0.1) is 0 Å². The van der Waals surface area contributed by atoms with E-state index in [1.807, 2.05) is 12.3 Å². The summed E-state index contributed by atoms with van der Waals surface area (Å²) in [7, 11) is 2.17. The van der Waals surface area contributed by atoms with Crippen molar-refractivity contribution in [3.63, 3.8) is 0 Å². The zero-order valence-corrected chi connectivity index (χ0v) is 11.5. The molecule has 1 rings (SSSR count). The van der Waals surface area contributed by atoms with Gasteiger partial charge in [-0.3, -0.25) is 0 Å². The van der Waals surface area contributed by atoms with Gasteiger partial charge in [-0.05, 0) is 38.9 Å². The second-order valence-corrected chi connectivity index (χ2v) is 4.96. The summed E-state index contributed by atoms with van der Waals surface area (Å²) in [6, 6.07) is 4.16. The molecule has 0 aromatic carbocycles. The van der Waals surface area contributed by atoms with Crippen LogP contribution in [0.2, 0.25) is 0 Å². The van der Waals surface area contributed by atoms with E-state index in [2.05, 4.69) is 49.1 Å². The van der Waals surface area contributed by atoms with Crippen LogP contribution in [0.1, 0.15) is 32.8 Å². The lowest BCUT2D eigenvalue weighted by Gasteiger charge is -2.19. The van der Waals surface area contributed by atoms with Crippen molar-refractivity contribution in [1.29, 1.82) is 0 Å². The van der Waals surface area contributed by atoms with Crippen LogP contribution in [0.4, 0.5) is 5.82 Å². The van der Waals surface area contributed by atoms with Crippen molar-refractivity contribution in [2.45, 2.75) is 33.7 Å². The zero-order chi connectivity index (χ0) is 12.7. The predicted octanol–water partition coefficient (Wildman–Crippen LogP) is 2.99. The molecule has 0 aliphatic rings. The summed E-state index contributed by atoms with van der Waals surface area (Å²) < 4.78 is 0. The maximum Gasteiger partial charge on any atom is 0.130 e. The minimum absolute atomic E-state index is 0.764. The molecule has 0 fully saturated rings. The van der Waals surface area contributed by atoms with Crippen molar-refractivity contribution < 1.29 is 0 Å². The molecule has 1 aromatic heterocycles. The summed E-state index contributed by atoms with van der Waals surface area (Å²) in [6.45, 7) is 9.64. The van der Waals surface area contributed by atoms with Gasteiger partial charge >= 0.3 is 0 Å². The van der Waals surface area contributed by atoms with Gasteiger partial charge in [0.1, 0.15) is 5.82 Å². The average molecular weight is 235 g/mol. The standard InChI is InChI=1S/C14H25N3/c1-5-15-14-13(7-6-9-16-14)11-17(4)10-8-12(2)3/h6-7,9,12H,5,8,10-11H2,1-4H3,(H,15,16). The normalized spacial score (nSPS) is 11.2. The molecule has 1 heterocycles. The van der Waals surface area contributed by atoms with E-state index in [1.54, 1.807) is 0 Å². The van der Waals surface area contributed by atoms with Crippen LogP contribution in [0.25, 0.3) is 0 Å². The van der Waals surface area contributed by atoms with Crippen LogP contribution in [0, 0.1) is 5.92 Å². The van der Waals surface area contributed by atoms with E-state index in [0.29, 0.717) is 0 Å². The Balaban J connectivity index is 2.54. The van der Waals surface area contributed by atoms with E-state index in [9.17, 15) is 0 Å². The molecule has 17 heavy (non-hydrogen) atoms. The van der Waals surface area contributed by atoms with Gasteiger partial charge in [-0.2, -0.15) is 0 Å². The number of nitrogens with zero attached hydrogens (tertiary/aromatic N) is 2. The Morgan fingerprint density at radius 1 is 1.41 bits per heavy atom. The molecule has 1 N–H and O–H groups in total. The summed E-state index contributed by atoms with van der Waals surface area (Å²) in [6.07, 6.45) is 3.09. The highest BCUT2D eigenvalue weighted by atomic mass is 15.1. The highest BCUT2D eigenvalue weighted by Crippen LogP contribution is 2.14. The summed E-state index contributed by atoms with van der Waals surface area (Å²) in [5.74, 6) is 1.78. The van der Waals surface area contributed by atoms with Gasteiger partial charge in [0.15, 0.2) is 0 Å². The highest BCUT2D eigenvalue weighted by Gasteiger charge is 2.06. The Kier molecular flexibility index (Phi) is 5.98. The first-order valence-electron chi connectivity index (χ1n) is 6.49. The van der Waals surface area contributed by atoms with Crippen molar-refractivity contribution in [1.82, 2.24) is 9.88 Å². The van der Waals surface area contributed by atoms with Crippen LogP contribution in [0.5, 0.6) is 0 Å². The Hall–Kier alpha value is -1.09. The van der Waals surface area contributed by atoms with Crippen LogP contribution >= 0.6 is 0 Å². The van der Waals surface area contributed by atoms with E-state index in [1.165, 1.54) is 12.0 Å². The molecule has 0 spiro atoms. The van der Waals surface area contributed by atoms with E-state index in [0.717, 1.165) is 31.4 Å². The molecule has 0 radical (unpaired) electrons. The SMILES string of the molecule is CCNc1ncccc1CN(C)CCC(C)C. The molecule has 0 atom stereocenters. The first kappa shape index (κ1) is 14.0. The number of rotatable bonds is 7. The number of pyridine rings is 1. The number of nitrogens with one attached hydrogen (secondary N) is 1. The highest BCUT2D eigenvalue weighted by molar-refractivity contribution is 5.43. The third kappa shape index (κ3) is 5.18. The topological polar surface area (TPSA) is 28.2 Å². The van der Waals surface area contributed by atoms with Gasteiger partial charge in [0, 0.05) is 24.8 Å². The monoisotopic (exact) mass is 235 g/mol. The lowest BCUT2D eigenvalue weighted by molar-refractivity contribution is 0.303. The molecular weight excluding hydrogens is 210 g/mol. The van der Waals surface area contributed by atoms with Crippen LogP contribution < -0.4 is 5.32 Å². The van der Waals surface area contributed by atoms with Gasteiger partial charge in [0.25, 0.3) is 0 Å². The van der Waals surface area contributed by atoms with Gasteiger partial charge in [0.2, 0.25) is 0 Å². The smallest absolute Gasteiger partial charge is 0.130 e. The zero-order valence-electron chi connectivity index (χ0n) is 11.5.